The van der Waals surface area contributed by atoms with E-state index in [1.165, 1.54) is 5.39 Å². The number of rotatable bonds is 2. The van der Waals surface area contributed by atoms with Gasteiger partial charge in [-0.05, 0) is 41.1 Å². The van der Waals surface area contributed by atoms with Crippen LogP contribution in [0.1, 0.15) is 11.3 Å². The Morgan fingerprint density at radius 3 is 2.63 bits per heavy atom. The van der Waals surface area contributed by atoms with Crippen molar-refractivity contribution in [2.45, 2.75) is 6.92 Å². The largest absolute Gasteiger partial charge is 0.358 e. The fraction of sp³-hybridized carbons (Fsp3) is 0.0625. The molecule has 94 valence electrons. The Kier molecular flexibility index (Phi) is 3.22. The molecule has 19 heavy (non-hydrogen) atoms. The van der Waals surface area contributed by atoms with Crippen molar-refractivity contribution >= 4 is 38.7 Å². The first kappa shape index (κ1) is 12.2. The van der Waals surface area contributed by atoms with E-state index in [4.69, 9.17) is 0 Å². The second kappa shape index (κ2) is 5.02. The Hall–Kier alpha value is -1.87. The van der Waals surface area contributed by atoms with Crippen molar-refractivity contribution in [1.29, 1.82) is 0 Å². The summed E-state index contributed by atoms with van der Waals surface area (Å²) in [4.78, 5) is 7.94. The molecule has 0 spiro atoms. The SMILES string of the molecule is Cc1[nH]c2ccccc2c1C=Nc1ccccc1Br. The van der Waals surface area contributed by atoms with Crippen LogP contribution >= 0.6 is 15.9 Å². The molecular weight excluding hydrogens is 300 g/mol. The summed E-state index contributed by atoms with van der Waals surface area (Å²) in [5.41, 5.74) is 4.36. The van der Waals surface area contributed by atoms with Gasteiger partial charge < -0.3 is 4.98 Å². The number of aryl methyl sites for hydroxylation is 1. The Balaban J connectivity index is 2.06. The molecule has 3 aromatic rings. The maximum absolute atomic E-state index is 4.57. The number of hydrogen-bond acceptors (Lipinski definition) is 1. The molecule has 0 unspecified atom stereocenters. The summed E-state index contributed by atoms with van der Waals surface area (Å²) >= 11 is 3.51. The fourth-order valence-electron chi connectivity index (χ4n) is 2.16. The van der Waals surface area contributed by atoms with E-state index in [2.05, 4.69) is 45.0 Å². The Labute approximate surface area is 120 Å². The molecule has 0 aliphatic rings. The third-order valence-corrected chi connectivity index (χ3v) is 3.80. The van der Waals surface area contributed by atoms with Gasteiger partial charge in [0, 0.05) is 32.8 Å². The number of fused-ring (bicyclic) bond motifs is 1. The summed E-state index contributed by atoms with van der Waals surface area (Å²) < 4.78 is 1.00. The maximum Gasteiger partial charge on any atom is 0.0771 e. The highest BCUT2D eigenvalue weighted by Crippen LogP contribution is 2.25. The molecule has 3 heteroatoms. The summed E-state index contributed by atoms with van der Waals surface area (Å²) in [6, 6.07) is 16.2. The smallest absolute Gasteiger partial charge is 0.0771 e. The number of H-pyrrole nitrogens is 1. The van der Waals surface area contributed by atoms with Gasteiger partial charge in [-0.25, -0.2) is 0 Å². The molecule has 0 saturated carbocycles. The third-order valence-electron chi connectivity index (χ3n) is 3.13. The van der Waals surface area contributed by atoms with Crippen LogP contribution in [0.15, 0.2) is 58.0 Å². The van der Waals surface area contributed by atoms with Gasteiger partial charge in [0.05, 0.1) is 5.69 Å². The monoisotopic (exact) mass is 312 g/mol. The molecular formula is C16H13BrN2. The van der Waals surface area contributed by atoms with E-state index in [9.17, 15) is 0 Å². The number of aromatic nitrogens is 1. The number of nitrogens with zero attached hydrogens (tertiary/aromatic N) is 1. The topological polar surface area (TPSA) is 28.1 Å². The van der Waals surface area contributed by atoms with E-state index in [0.29, 0.717) is 0 Å². The second-order valence-corrected chi connectivity index (χ2v) is 5.27. The predicted molar refractivity (Wildman–Crippen MR) is 84.4 cm³/mol. The standard InChI is InChI=1S/C16H13BrN2/c1-11-13(12-6-2-4-8-15(12)19-11)10-18-16-9-5-3-7-14(16)17/h2-10,19H,1H3. The molecule has 0 aliphatic heterocycles. The summed E-state index contributed by atoms with van der Waals surface area (Å²) in [5.74, 6) is 0. The zero-order valence-electron chi connectivity index (χ0n) is 10.5. The van der Waals surface area contributed by atoms with Crippen LogP contribution in [0.2, 0.25) is 0 Å². The van der Waals surface area contributed by atoms with Crippen LogP contribution in [0.4, 0.5) is 5.69 Å². The summed E-state index contributed by atoms with van der Waals surface area (Å²) in [7, 11) is 0. The molecule has 1 heterocycles. The number of nitrogens with one attached hydrogen (secondary N) is 1. The van der Waals surface area contributed by atoms with Crippen molar-refractivity contribution in [1.82, 2.24) is 4.98 Å². The van der Waals surface area contributed by atoms with Gasteiger partial charge >= 0.3 is 0 Å². The van der Waals surface area contributed by atoms with Gasteiger partial charge in [0.15, 0.2) is 0 Å². The van der Waals surface area contributed by atoms with Crippen LogP contribution in [-0.2, 0) is 0 Å². The predicted octanol–water partition coefficient (Wildman–Crippen LogP) is 4.99. The molecule has 0 bridgehead atoms. The first-order chi connectivity index (χ1) is 9.25. The van der Waals surface area contributed by atoms with Crippen molar-refractivity contribution < 1.29 is 0 Å². The number of benzene rings is 2. The molecule has 0 aliphatic carbocycles. The first-order valence-electron chi connectivity index (χ1n) is 6.11. The number of hydrogen-bond donors (Lipinski definition) is 1. The van der Waals surface area contributed by atoms with E-state index < -0.39 is 0 Å². The summed E-state index contributed by atoms with van der Waals surface area (Å²) in [6.07, 6.45) is 1.92. The van der Waals surface area contributed by atoms with E-state index in [0.717, 1.165) is 26.9 Å². The van der Waals surface area contributed by atoms with Gasteiger partial charge in [-0.15, -0.1) is 0 Å². The van der Waals surface area contributed by atoms with Crippen molar-refractivity contribution in [2.75, 3.05) is 0 Å². The third kappa shape index (κ3) is 2.34. The minimum absolute atomic E-state index is 0.937. The van der Waals surface area contributed by atoms with Gasteiger partial charge in [-0.1, -0.05) is 30.3 Å². The Bertz CT molecular complexity index is 756. The highest BCUT2D eigenvalue weighted by Gasteiger charge is 2.05. The molecule has 0 amide bonds. The molecule has 0 radical (unpaired) electrons. The van der Waals surface area contributed by atoms with E-state index in [-0.39, 0.29) is 0 Å². The first-order valence-corrected chi connectivity index (χ1v) is 6.91. The van der Waals surface area contributed by atoms with Crippen molar-refractivity contribution in [3.63, 3.8) is 0 Å². The van der Waals surface area contributed by atoms with Gasteiger partial charge in [-0.2, -0.15) is 0 Å². The van der Waals surface area contributed by atoms with Crippen LogP contribution in [0.3, 0.4) is 0 Å². The lowest BCUT2D eigenvalue weighted by Gasteiger charge is -1.97. The molecule has 2 nitrogen and oxygen atoms in total. The van der Waals surface area contributed by atoms with Crippen LogP contribution in [-0.4, -0.2) is 11.2 Å². The highest BCUT2D eigenvalue weighted by atomic mass is 79.9. The lowest BCUT2D eigenvalue weighted by Crippen LogP contribution is -1.82. The van der Waals surface area contributed by atoms with Crippen LogP contribution < -0.4 is 0 Å². The van der Waals surface area contributed by atoms with Crippen molar-refractivity contribution in [3.8, 4) is 0 Å². The Morgan fingerprint density at radius 1 is 1.05 bits per heavy atom. The molecule has 2 aromatic carbocycles. The van der Waals surface area contributed by atoms with Crippen molar-refractivity contribution in [2.24, 2.45) is 4.99 Å². The second-order valence-electron chi connectivity index (χ2n) is 4.42. The van der Waals surface area contributed by atoms with E-state index >= 15 is 0 Å². The number of aromatic amines is 1. The summed E-state index contributed by atoms with van der Waals surface area (Å²) in [5, 5.41) is 1.20. The molecule has 0 fully saturated rings. The Morgan fingerprint density at radius 2 is 1.79 bits per heavy atom. The summed E-state index contributed by atoms with van der Waals surface area (Å²) in [6.45, 7) is 2.07. The molecule has 1 aromatic heterocycles. The van der Waals surface area contributed by atoms with Crippen molar-refractivity contribution in [3.05, 3.63) is 64.3 Å². The molecule has 0 saturated heterocycles. The van der Waals surface area contributed by atoms with Crippen LogP contribution in [0.25, 0.3) is 10.9 Å². The minimum atomic E-state index is 0.937. The lowest BCUT2D eigenvalue weighted by molar-refractivity contribution is 1.29. The number of halogens is 1. The zero-order chi connectivity index (χ0) is 13.2. The van der Waals surface area contributed by atoms with Gasteiger partial charge in [0.1, 0.15) is 0 Å². The fourth-order valence-corrected chi connectivity index (χ4v) is 2.54. The van der Waals surface area contributed by atoms with Gasteiger partial charge in [0.25, 0.3) is 0 Å². The molecule has 3 rings (SSSR count). The van der Waals surface area contributed by atoms with Crippen LogP contribution in [0, 0.1) is 6.92 Å². The molecule has 0 atom stereocenters. The quantitative estimate of drug-likeness (QED) is 0.646. The van der Waals surface area contributed by atoms with E-state index in [1.54, 1.807) is 0 Å². The lowest BCUT2D eigenvalue weighted by atomic mass is 10.1. The number of para-hydroxylation sites is 2. The van der Waals surface area contributed by atoms with Gasteiger partial charge in [0.2, 0.25) is 0 Å². The van der Waals surface area contributed by atoms with E-state index in [1.807, 2.05) is 42.6 Å². The zero-order valence-corrected chi connectivity index (χ0v) is 12.1. The molecule has 1 N–H and O–H groups in total. The average molecular weight is 313 g/mol. The maximum atomic E-state index is 4.57. The van der Waals surface area contributed by atoms with Crippen LogP contribution in [0.5, 0.6) is 0 Å². The highest BCUT2D eigenvalue weighted by molar-refractivity contribution is 9.10. The van der Waals surface area contributed by atoms with Gasteiger partial charge in [-0.3, -0.25) is 4.99 Å². The normalized spacial score (nSPS) is 11.5. The minimum Gasteiger partial charge on any atom is -0.358 e. The average Bonchev–Trinajstić information content (AvgIpc) is 2.74. The number of aliphatic imine (C=N–C) groups is 1.